The van der Waals surface area contributed by atoms with Crippen LogP contribution in [0.2, 0.25) is 0 Å². The van der Waals surface area contributed by atoms with Gasteiger partial charge in [-0.05, 0) is 30.3 Å². The Kier molecular flexibility index (Phi) is 2.21. The van der Waals surface area contributed by atoms with Crippen molar-refractivity contribution in [2.75, 3.05) is 0 Å². The number of nitriles is 1. The van der Waals surface area contributed by atoms with Crippen LogP contribution >= 0.6 is 0 Å². The number of hydrogen-bond acceptors (Lipinski definition) is 4. The van der Waals surface area contributed by atoms with Crippen molar-refractivity contribution in [2.45, 2.75) is 0 Å². The Balaban J connectivity index is 2.13. The molecule has 2 heterocycles. The first kappa shape index (κ1) is 10.3. The first-order chi connectivity index (χ1) is 8.76. The van der Waals surface area contributed by atoms with Crippen molar-refractivity contribution < 1.29 is 5.11 Å². The number of nitrogens with zero attached hydrogens (tertiary/aromatic N) is 4. The van der Waals surface area contributed by atoms with E-state index in [1.54, 1.807) is 47.1 Å². The molecule has 18 heavy (non-hydrogen) atoms. The standard InChI is InChI=1S/C13H8N4O/c14-8-9-5-6-17-12(7-9)15-13(16-17)10-1-3-11(18)4-2-10/h1-7,18H. The van der Waals surface area contributed by atoms with E-state index in [1.807, 2.05) is 0 Å². The van der Waals surface area contributed by atoms with E-state index < -0.39 is 0 Å². The number of aromatic nitrogens is 3. The third kappa shape index (κ3) is 1.66. The van der Waals surface area contributed by atoms with Crippen LogP contribution in [0.3, 0.4) is 0 Å². The minimum atomic E-state index is 0.203. The molecule has 0 saturated heterocycles. The van der Waals surface area contributed by atoms with Crippen LogP contribution in [0.15, 0.2) is 42.6 Å². The molecule has 0 bridgehead atoms. The second-order valence-corrected chi connectivity index (χ2v) is 3.81. The van der Waals surface area contributed by atoms with Gasteiger partial charge in [0.15, 0.2) is 11.5 Å². The zero-order valence-corrected chi connectivity index (χ0v) is 9.28. The van der Waals surface area contributed by atoms with Gasteiger partial charge in [0, 0.05) is 17.8 Å². The second-order valence-electron chi connectivity index (χ2n) is 3.81. The van der Waals surface area contributed by atoms with Crippen molar-refractivity contribution in [3.8, 4) is 23.2 Å². The van der Waals surface area contributed by atoms with Crippen molar-refractivity contribution in [3.05, 3.63) is 48.2 Å². The summed E-state index contributed by atoms with van der Waals surface area (Å²) in [6.07, 6.45) is 1.70. The zero-order valence-electron chi connectivity index (χ0n) is 9.28. The topological polar surface area (TPSA) is 74.2 Å². The molecular formula is C13H8N4O. The summed E-state index contributed by atoms with van der Waals surface area (Å²) in [6, 6.07) is 12.1. The smallest absolute Gasteiger partial charge is 0.182 e. The van der Waals surface area contributed by atoms with Gasteiger partial charge >= 0.3 is 0 Å². The number of benzene rings is 1. The fourth-order valence-electron chi connectivity index (χ4n) is 1.68. The first-order valence-corrected chi connectivity index (χ1v) is 5.32. The van der Waals surface area contributed by atoms with E-state index >= 15 is 0 Å². The van der Waals surface area contributed by atoms with Crippen molar-refractivity contribution in [1.29, 1.82) is 5.26 Å². The number of phenols is 1. The molecule has 1 aromatic carbocycles. The summed E-state index contributed by atoms with van der Waals surface area (Å²) in [7, 11) is 0. The van der Waals surface area contributed by atoms with Crippen molar-refractivity contribution in [1.82, 2.24) is 14.6 Å². The molecule has 0 spiro atoms. The Bertz CT molecular complexity index is 753. The summed E-state index contributed by atoms with van der Waals surface area (Å²) < 4.78 is 1.61. The number of hydrogen-bond donors (Lipinski definition) is 1. The predicted molar refractivity (Wildman–Crippen MR) is 64.8 cm³/mol. The quantitative estimate of drug-likeness (QED) is 0.701. The molecule has 3 rings (SSSR count). The van der Waals surface area contributed by atoms with E-state index in [0.717, 1.165) is 5.56 Å². The van der Waals surface area contributed by atoms with E-state index in [4.69, 9.17) is 5.26 Å². The first-order valence-electron chi connectivity index (χ1n) is 5.32. The molecule has 0 aliphatic carbocycles. The Morgan fingerprint density at radius 1 is 1.17 bits per heavy atom. The monoisotopic (exact) mass is 236 g/mol. The van der Waals surface area contributed by atoms with E-state index in [1.165, 1.54) is 0 Å². The Morgan fingerprint density at radius 2 is 1.94 bits per heavy atom. The molecule has 2 aromatic heterocycles. The summed E-state index contributed by atoms with van der Waals surface area (Å²) in [6.45, 7) is 0. The van der Waals surface area contributed by atoms with E-state index in [-0.39, 0.29) is 5.75 Å². The Hall–Kier alpha value is -2.87. The molecule has 0 aliphatic heterocycles. The Labute approximate surface area is 103 Å². The number of rotatable bonds is 1. The van der Waals surface area contributed by atoms with Crippen molar-refractivity contribution in [2.24, 2.45) is 0 Å². The molecule has 0 atom stereocenters. The fraction of sp³-hybridized carbons (Fsp3) is 0. The molecule has 0 amide bonds. The minimum absolute atomic E-state index is 0.203. The van der Waals surface area contributed by atoms with Gasteiger partial charge in [-0.15, -0.1) is 5.10 Å². The zero-order chi connectivity index (χ0) is 12.5. The van der Waals surface area contributed by atoms with Crippen molar-refractivity contribution in [3.63, 3.8) is 0 Å². The van der Waals surface area contributed by atoms with Crippen LogP contribution in [0.1, 0.15) is 5.56 Å². The normalized spacial score (nSPS) is 10.4. The lowest BCUT2D eigenvalue weighted by molar-refractivity contribution is 0.475. The maximum Gasteiger partial charge on any atom is 0.182 e. The molecular weight excluding hydrogens is 228 g/mol. The lowest BCUT2D eigenvalue weighted by atomic mass is 10.2. The number of phenolic OH excluding ortho intramolecular Hbond substituents is 1. The molecule has 1 N–H and O–H groups in total. The van der Waals surface area contributed by atoms with Crippen molar-refractivity contribution >= 4 is 5.65 Å². The lowest BCUT2D eigenvalue weighted by Gasteiger charge is -1.94. The van der Waals surface area contributed by atoms with Gasteiger partial charge in [0.05, 0.1) is 11.6 Å². The van der Waals surface area contributed by atoms with E-state index in [9.17, 15) is 5.11 Å². The minimum Gasteiger partial charge on any atom is -0.508 e. The molecule has 0 saturated carbocycles. The molecule has 0 unspecified atom stereocenters. The summed E-state index contributed by atoms with van der Waals surface area (Å²) in [5.41, 5.74) is 1.99. The van der Waals surface area contributed by atoms with Crippen LogP contribution in [0.25, 0.3) is 17.0 Å². The van der Waals surface area contributed by atoms with Crippen LogP contribution in [-0.2, 0) is 0 Å². The van der Waals surface area contributed by atoms with Crippen LogP contribution in [0.4, 0.5) is 0 Å². The molecule has 3 aromatic rings. The van der Waals surface area contributed by atoms with Crippen LogP contribution < -0.4 is 0 Å². The molecule has 5 nitrogen and oxygen atoms in total. The summed E-state index contributed by atoms with van der Waals surface area (Å²) >= 11 is 0. The average Bonchev–Trinajstić information content (AvgIpc) is 2.82. The molecule has 0 aliphatic rings. The SMILES string of the molecule is N#Cc1ccn2nc(-c3ccc(O)cc3)nc2c1. The average molecular weight is 236 g/mol. The lowest BCUT2D eigenvalue weighted by Crippen LogP contribution is -1.87. The highest BCUT2D eigenvalue weighted by Gasteiger charge is 2.06. The van der Waals surface area contributed by atoms with Gasteiger partial charge in [-0.25, -0.2) is 9.50 Å². The van der Waals surface area contributed by atoms with Gasteiger partial charge in [-0.3, -0.25) is 0 Å². The van der Waals surface area contributed by atoms with Gasteiger partial charge in [0.2, 0.25) is 0 Å². The van der Waals surface area contributed by atoms with E-state index in [0.29, 0.717) is 17.0 Å². The highest BCUT2D eigenvalue weighted by Crippen LogP contribution is 2.19. The predicted octanol–water partition coefficient (Wildman–Crippen LogP) is 1.97. The van der Waals surface area contributed by atoms with E-state index in [2.05, 4.69) is 16.2 Å². The summed E-state index contributed by atoms with van der Waals surface area (Å²) in [5.74, 6) is 0.763. The van der Waals surface area contributed by atoms with Gasteiger partial charge < -0.3 is 5.11 Å². The molecule has 86 valence electrons. The number of aromatic hydroxyl groups is 1. The highest BCUT2D eigenvalue weighted by atomic mass is 16.3. The summed E-state index contributed by atoms with van der Waals surface area (Å²) in [5, 5.41) is 22.3. The number of pyridine rings is 1. The maximum absolute atomic E-state index is 9.23. The maximum atomic E-state index is 9.23. The fourth-order valence-corrected chi connectivity index (χ4v) is 1.68. The van der Waals surface area contributed by atoms with Crippen LogP contribution in [0, 0.1) is 11.3 Å². The highest BCUT2D eigenvalue weighted by molar-refractivity contribution is 5.59. The molecule has 0 fully saturated rings. The molecule has 0 radical (unpaired) electrons. The Morgan fingerprint density at radius 3 is 2.67 bits per heavy atom. The van der Waals surface area contributed by atoms with Crippen LogP contribution in [-0.4, -0.2) is 19.7 Å². The number of fused-ring (bicyclic) bond motifs is 1. The van der Waals surface area contributed by atoms with Gasteiger partial charge in [0.1, 0.15) is 5.75 Å². The van der Waals surface area contributed by atoms with Crippen LogP contribution in [0.5, 0.6) is 5.75 Å². The summed E-state index contributed by atoms with van der Waals surface area (Å²) in [4.78, 5) is 4.34. The molecule has 5 heteroatoms. The van der Waals surface area contributed by atoms with Gasteiger partial charge in [0.25, 0.3) is 0 Å². The third-order valence-corrected chi connectivity index (χ3v) is 2.59. The van der Waals surface area contributed by atoms with Gasteiger partial charge in [-0.2, -0.15) is 5.26 Å². The van der Waals surface area contributed by atoms with Gasteiger partial charge in [-0.1, -0.05) is 0 Å². The largest absolute Gasteiger partial charge is 0.508 e. The second kappa shape index (κ2) is 3.86. The third-order valence-electron chi connectivity index (χ3n) is 2.59.